The van der Waals surface area contributed by atoms with Crippen LogP contribution in [0.4, 0.5) is 10.5 Å². The van der Waals surface area contributed by atoms with Gasteiger partial charge in [-0.2, -0.15) is 0 Å². The van der Waals surface area contributed by atoms with Crippen molar-refractivity contribution in [2.45, 2.75) is 49.9 Å². The van der Waals surface area contributed by atoms with Crippen LogP contribution in [0.3, 0.4) is 0 Å². The molecule has 3 atom stereocenters. The first-order valence-corrected chi connectivity index (χ1v) is 11.1. The van der Waals surface area contributed by atoms with Crippen LogP contribution in [0.25, 0.3) is 0 Å². The van der Waals surface area contributed by atoms with Gasteiger partial charge < -0.3 is 16.0 Å². The molecule has 0 spiro atoms. The van der Waals surface area contributed by atoms with Crippen molar-refractivity contribution in [1.29, 1.82) is 0 Å². The summed E-state index contributed by atoms with van der Waals surface area (Å²) in [5.41, 5.74) is 1.82. The van der Waals surface area contributed by atoms with E-state index in [9.17, 15) is 18.0 Å². The Morgan fingerprint density at radius 3 is 2.81 bits per heavy atom. The first-order valence-electron chi connectivity index (χ1n) is 8.61. The minimum Gasteiger partial charge on any atom is -0.332 e. The fraction of sp³-hybridized carbons (Fsp3) is 0.529. The summed E-state index contributed by atoms with van der Waals surface area (Å²) in [6.07, 6.45) is 1.99. The van der Waals surface area contributed by atoms with Crippen molar-refractivity contribution in [3.8, 4) is 0 Å². The minimum absolute atomic E-state index is 0.0109. The Kier molecular flexibility index (Phi) is 5.57. The van der Waals surface area contributed by atoms with E-state index in [1.54, 1.807) is 0 Å². The number of benzene rings is 1. The van der Waals surface area contributed by atoms with Gasteiger partial charge in [-0.3, -0.25) is 4.79 Å². The summed E-state index contributed by atoms with van der Waals surface area (Å²) in [7, 11) is -3.21. The van der Waals surface area contributed by atoms with E-state index >= 15 is 0 Å². The molecule has 2 heterocycles. The number of urea groups is 1. The van der Waals surface area contributed by atoms with E-state index in [0.717, 1.165) is 15.7 Å². The van der Waals surface area contributed by atoms with E-state index in [2.05, 4.69) is 31.9 Å². The summed E-state index contributed by atoms with van der Waals surface area (Å²) in [4.78, 5) is 23.5. The molecule has 2 saturated heterocycles. The number of halogens is 1. The molecule has 7 nitrogen and oxygen atoms in total. The number of fused-ring (bicyclic) bond motifs is 1. The lowest BCUT2D eigenvalue weighted by molar-refractivity contribution is -0.116. The van der Waals surface area contributed by atoms with Crippen molar-refractivity contribution in [2.75, 3.05) is 11.1 Å². The molecule has 3 amide bonds. The summed E-state index contributed by atoms with van der Waals surface area (Å²) in [6.45, 7) is 1.97. The Morgan fingerprint density at radius 1 is 1.31 bits per heavy atom. The summed E-state index contributed by atoms with van der Waals surface area (Å²) >= 11 is 3.42. The average Bonchev–Trinajstić information content (AvgIpc) is 2.99. The monoisotopic (exact) mass is 443 g/mol. The van der Waals surface area contributed by atoms with Crippen LogP contribution in [0.15, 0.2) is 22.7 Å². The van der Waals surface area contributed by atoms with E-state index in [0.29, 0.717) is 25.7 Å². The molecular weight excluding hydrogens is 422 g/mol. The van der Waals surface area contributed by atoms with Crippen molar-refractivity contribution < 1.29 is 18.0 Å². The highest BCUT2D eigenvalue weighted by atomic mass is 79.9. The van der Waals surface area contributed by atoms with Crippen LogP contribution in [0.1, 0.15) is 31.2 Å². The van der Waals surface area contributed by atoms with Crippen LogP contribution in [0.2, 0.25) is 0 Å². The number of amides is 3. The molecule has 2 aliphatic rings. The molecule has 26 heavy (non-hydrogen) atoms. The molecule has 142 valence electrons. The van der Waals surface area contributed by atoms with Gasteiger partial charge in [-0.15, -0.1) is 0 Å². The first kappa shape index (κ1) is 19.2. The normalized spacial score (nSPS) is 26.1. The van der Waals surface area contributed by atoms with Crippen LogP contribution in [-0.2, 0) is 14.6 Å². The van der Waals surface area contributed by atoms with Gasteiger partial charge in [0.2, 0.25) is 5.91 Å². The highest BCUT2D eigenvalue weighted by Crippen LogP contribution is 2.28. The molecule has 3 N–H and O–H groups in total. The molecule has 0 aliphatic carbocycles. The van der Waals surface area contributed by atoms with Gasteiger partial charge in [0.25, 0.3) is 0 Å². The van der Waals surface area contributed by atoms with E-state index in [4.69, 9.17) is 0 Å². The second-order valence-corrected chi connectivity index (χ2v) is 10.0. The van der Waals surface area contributed by atoms with Crippen molar-refractivity contribution in [3.63, 3.8) is 0 Å². The van der Waals surface area contributed by atoms with Crippen LogP contribution >= 0.6 is 15.9 Å². The lowest BCUT2D eigenvalue weighted by Gasteiger charge is -2.16. The Labute approximate surface area is 161 Å². The van der Waals surface area contributed by atoms with E-state index < -0.39 is 15.1 Å². The maximum absolute atomic E-state index is 12.2. The molecule has 2 aliphatic heterocycles. The number of hydrogen-bond donors (Lipinski definition) is 3. The van der Waals surface area contributed by atoms with Gasteiger partial charge in [0.1, 0.15) is 0 Å². The Bertz CT molecular complexity index is 827. The van der Waals surface area contributed by atoms with Crippen LogP contribution in [0.5, 0.6) is 0 Å². The zero-order valence-corrected chi connectivity index (χ0v) is 16.8. The van der Waals surface area contributed by atoms with Crippen molar-refractivity contribution in [1.82, 2.24) is 10.6 Å². The van der Waals surface area contributed by atoms with E-state index in [1.165, 1.54) is 0 Å². The second kappa shape index (κ2) is 7.56. The Hall–Kier alpha value is -1.61. The molecule has 1 aromatic carbocycles. The van der Waals surface area contributed by atoms with Crippen molar-refractivity contribution in [2.24, 2.45) is 0 Å². The van der Waals surface area contributed by atoms with Crippen LogP contribution in [-0.4, -0.2) is 43.4 Å². The zero-order valence-electron chi connectivity index (χ0n) is 14.4. The zero-order chi connectivity index (χ0) is 18.9. The Morgan fingerprint density at radius 2 is 2.08 bits per heavy atom. The molecule has 0 bridgehead atoms. The van der Waals surface area contributed by atoms with Gasteiger partial charge in [-0.1, -0.05) is 12.5 Å². The third-order valence-electron chi connectivity index (χ3n) is 4.86. The highest BCUT2D eigenvalue weighted by molar-refractivity contribution is 9.10. The van der Waals surface area contributed by atoms with Crippen molar-refractivity contribution in [3.05, 3.63) is 28.2 Å². The lowest BCUT2D eigenvalue weighted by Crippen LogP contribution is -2.39. The lowest BCUT2D eigenvalue weighted by atomic mass is 10.0. The molecule has 0 aromatic heterocycles. The number of nitrogens with one attached hydrogen (secondary N) is 3. The van der Waals surface area contributed by atoms with Gasteiger partial charge in [0, 0.05) is 10.9 Å². The third kappa shape index (κ3) is 4.20. The number of unbranched alkanes of at least 4 members (excludes halogenated alkanes) is 1. The van der Waals surface area contributed by atoms with Gasteiger partial charge in [0.05, 0.1) is 28.8 Å². The highest BCUT2D eigenvalue weighted by Gasteiger charge is 2.51. The fourth-order valence-electron chi connectivity index (χ4n) is 3.57. The predicted octanol–water partition coefficient (Wildman–Crippen LogP) is 2.10. The van der Waals surface area contributed by atoms with Gasteiger partial charge in [-0.05, 0) is 53.4 Å². The molecule has 1 aromatic rings. The summed E-state index contributed by atoms with van der Waals surface area (Å²) < 4.78 is 25.3. The Balaban J connectivity index is 1.46. The van der Waals surface area contributed by atoms with E-state index in [1.807, 2.05) is 25.1 Å². The molecule has 9 heteroatoms. The first-order chi connectivity index (χ1) is 12.3. The number of carbonyl (C=O) groups excluding carboxylic acids is 2. The number of carbonyl (C=O) groups is 2. The largest absolute Gasteiger partial charge is 0.332 e. The number of hydrogen-bond acceptors (Lipinski definition) is 4. The minimum atomic E-state index is -3.21. The summed E-state index contributed by atoms with van der Waals surface area (Å²) in [5.74, 6) is -0.110. The molecule has 3 rings (SSSR count). The molecular formula is C17H22BrN3O4S. The van der Waals surface area contributed by atoms with E-state index in [-0.39, 0.29) is 29.8 Å². The maximum atomic E-state index is 12.2. The molecule has 0 radical (unpaired) electrons. The van der Waals surface area contributed by atoms with Gasteiger partial charge >= 0.3 is 6.03 Å². The van der Waals surface area contributed by atoms with Gasteiger partial charge in [0.15, 0.2) is 9.84 Å². The summed E-state index contributed by atoms with van der Waals surface area (Å²) in [5, 5.41) is 7.63. The number of rotatable bonds is 6. The topological polar surface area (TPSA) is 104 Å². The standard InChI is InChI=1S/C17H22BrN3O4S/c1-10-6-7-12(11(18)8-10)19-15(22)5-3-2-4-14-16-13(9-26(14,24)25)20-17(23)21-16/h6-8,13-14,16H,2-5,9H2,1H3,(H,19,22)(H2,20,21,23)/t13-,14+,16+/m0/s1. The van der Waals surface area contributed by atoms with Crippen LogP contribution in [0, 0.1) is 6.92 Å². The quantitative estimate of drug-likeness (QED) is 0.462. The number of sulfone groups is 1. The smallest absolute Gasteiger partial charge is 0.315 e. The maximum Gasteiger partial charge on any atom is 0.315 e. The van der Waals surface area contributed by atoms with Gasteiger partial charge in [-0.25, -0.2) is 13.2 Å². The molecule has 0 unspecified atom stereocenters. The average molecular weight is 444 g/mol. The second-order valence-electron chi connectivity index (χ2n) is 6.90. The molecule has 0 saturated carbocycles. The molecule has 2 fully saturated rings. The number of anilines is 1. The third-order valence-corrected chi connectivity index (χ3v) is 7.79. The SMILES string of the molecule is Cc1ccc(NC(=O)CCCC[C@@H]2[C@@H]3NC(=O)N[C@H]3CS2(=O)=O)c(Br)c1. The predicted molar refractivity (Wildman–Crippen MR) is 103 cm³/mol. The fourth-order valence-corrected chi connectivity index (χ4v) is 6.43. The van der Waals surface area contributed by atoms with Crippen molar-refractivity contribution >= 4 is 43.4 Å². The summed E-state index contributed by atoms with van der Waals surface area (Å²) in [6, 6.07) is 4.71. The van der Waals surface area contributed by atoms with Crippen LogP contribution < -0.4 is 16.0 Å². The number of aryl methyl sites for hydroxylation is 1.